The predicted octanol–water partition coefficient (Wildman–Crippen LogP) is -0.118. The first-order valence-corrected chi connectivity index (χ1v) is 5.11. The van der Waals surface area contributed by atoms with Crippen LogP contribution in [-0.2, 0) is 14.3 Å². The second kappa shape index (κ2) is 4.92. The topological polar surface area (TPSA) is 67.8 Å². The van der Waals surface area contributed by atoms with Gasteiger partial charge < -0.3 is 19.9 Å². The summed E-state index contributed by atoms with van der Waals surface area (Å²) in [6, 6.07) is 0. The molecule has 0 aliphatic carbocycles. The Morgan fingerprint density at radius 3 is 2.73 bits per heavy atom. The molecule has 1 amide bonds. The van der Waals surface area contributed by atoms with Gasteiger partial charge in [0.1, 0.15) is 0 Å². The van der Waals surface area contributed by atoms with Crippen LogP contribution in [0.3, 0.4) is 0 Å². The Morgan fingerprint density at radius 2 is 2.33 bits per heavy atom. The van der Waals surface area contributed by atoms with Gasteiger partial charge in [0.15, 0.2) is 5.79 Å². The van der Waals surface area contributed by atoms with Crippen molar-refractivity contribution in [2.24, 2.45) is 5.92 Å². The van der Waals surface area contributed by atoms with E-state index in [0.29, 0.717) is 13.2 Å². The molecule has 15 heavy (non-hydrogen) atoms. The maximum Gasteiger partial charge on any atom is 0.216 e. The third-order valence-electron chi connectivity index (χ3n) is 2.40. The Labute approximate surface area is 89.8 Å². The zero-order valence-corrected chi connectivity index (χ0v) is 9.45. The number of hydrogen-bond acceptors (Lipinski definition) is 4. The lowest BCUT2D eigenvalue weighted by molar-refractivity contribution is -0.146. The van der Waals surface area contributed by atoms with Crippen molar-refractivity contribution < 1.29 is 19.4 Å². The minimum Gasteiger partial charge on any atom is -0.396 e. The third kappa shape index (κ3) is 3.77. The molecule has 0 saturated carbocycles. The Morgan fingerprint density at radius 1 is 1.67 bits per heavy atom. The minimum absolute atomic E-state index is 0.0234. The van der Waals surface area contributed by atoms with Crippen molar-refractivity contribution in [3.8, 4) is 0 Å². The number of carbonyl (C=O) groups is 1. The Hall–Kier alpha value is -0.650. The van der Waals surface area contributed by atoms with Gasteiger partial charge in [-0.1, -0.05) is 0 Å². The molecule has 1 heterocycles. The molecule has 0 bridgehead atoms. The molecule has 0 radical (unpaired) electrons. The first-order valence-electron chi connectivity index (χ1n) is 5.11. The fraction of sp³-hybridized carbons (Fsp3) is 0.900. The van der Waals surface area contributed by atoms with E-state index in [1.54, 1.807) is 0 Å². The molecule has 1 saturated heterocycles. The van der Waals surface area contributed by atoms with Crippen LogP contribution in [0.4, 0.5) is 0 Å². The summed E-state index contributed by atoms with van der Waals surface area (Å²) < 4.78 is 11.0. The van der Waals surface area contributed by atoms with Crippen molar-refractivity contribution in [1.29, 1.82) is 0 Å². The molecular weight excluding hydrogens is 198 g/mol. The molecule has 0 aromatic heterocycles. The molecule has 0 aromatic rings. The highest BCUT2D eigenvalue weighted by Crippen LogP contribution is 2.26. The number of aliphatic hydroxyl groups is 1. The zero-order valence-electron chi connectivity index (χ0n) is 9.45. The number of rotatable bonds is 4. The molecule has 5 nitrogen and oxygen atoms in total. The van der Waals surface area contributed by atoms with Gasteiger partial charge >= 0.3 is 0 Å². The molecule has 88 valence electrons. The average Bonchev–Trinajstić information content (AvgIpc) is 2.47. The fourth-order valence-electron chi connectivity index (χ4n) is 1.54. The van der Waals surface area contributed by atoms with Crippen LogP contribution in [0.2, 0.25) is 0 Å². The normalized spacial score (nSPS) is 26.3. The zero-order chi connectivity index (χ0) is 11.5. The van der Waals surface area contributed by atoms with Gasteiger partial charge in [-0.3, -0.25) is 4.79 Å². The van der Waals surface area contributed by atoms with E-state index in [2.05, 4.69) is 5.32 Å². The van der Waals surface area contributed by atoms with Crippen LogP contribution in [0.5, 0.6) is 0 Å². The predicted molar refractivity (Wildman–Crippen MR) is 54.2 cm³/mol. The van der Waals surface area contributed by atoms with Gasteiger partial charge in [-0.15, -0.1) is 0 Å². The summed E-state index contributed by atoms with van der Waals surface area (Å²) in [5.41, 5.74) is 0. The van der Waals surface area contributed by atoms with Crippen LogP contribution < -0.4 is 5.32 Å². The Bertz CT molecular complexity index is 229. The van der Waals surface area contributed by atoms with Crippen molar-refractivity contribution >= 4 is 5.91 Å². The number of ether oxygens (including phenoxy) is 2. The van der Waals surface area contributed by atoms with Crippen molar-refractivity contribution in [2.75, 3.05) is 19.8 Å². The highest BCUT2D eigenvalue weighted by atomic mass is 16.7. The molecule has 1 aliphatic heterocycles. The standard InChI is InChI=1S/C10H19NO4/c1-7(13)11-4-8(5-12)9-6-14-10(2,3)15-9/h8-9,12H,4-6H2,1-3H3,(H,11,13)/t8-,9?/m1/s1. The summed E-state index contributed by atoms with van der Waals surface area (Å²) in [6.45, 7) is 5.96. The van der Waals surface area contributed by atoms with Crippen LogP contribution in [0.25, 0.3) is 0 Å². The summed E-state index contributed by atoms with van der Waals surface area (Å²) in [5.74, 6) is -0.809. The minimum atomic E-state index is -0.589. The summed E-state index contributed by atoms with van der Waals surface area (Å²) >= 11 is 0. The average molecular weight is 217 g/mol. The molecule has 5 heteroatoms. The number of amides is 1. The van der Waals surface area contributed by atoms with Gasteiger partial charge in [0, 0.05) is 19.4 Å². The monoisotopic (exact) mass is 217 g/mol. The first kappa shape index (κ1) is 12.4. The van der Waals surface area contributed by atoms with E-state index in [1.807, 2.05) is 13.8 Å². The van der Waals surface area contributed by atoms with Gasteiger partial charge in [0.25, 0.3) is 0 Å². The smallest absolute Gasteiger partial charge is 0.216 e. The molecule has 1 fully saturated rings. The van der Waals surface area contributed by atoms with Gasteiger partial charge in [0.2, 0.25) is 5.91 Å². The molecule has 1 unspecified atom stereocenters. The summed E-state index contributed by atoms with van der Waals surface area (Å²) in [7, 11) is 0. The SMILES string of the molecule is CC(=O)NC[C@H](CO)C1COC(C)(C)O1. The van der Waals surface area contributed by atoms with Gasteiger partial charge in [-0.05, 0) is 13.8 Å². The van der Waals surface area contributed by atoms with Crippen LogP contribution in [0, 0.1) is 5.92 Å². The van der Waals surface area contributed by atoms with Gasteiger partial charge in [-0.2, -0.15) is 0 Å². The van der Waals surface area contributed by atoms with Crippen molar-refractivity contribution in [3.05, 3.63) is 0 Å². The molecule has 0 aromatic carbocycles. The van der Waals surface area contributed by atoms with E-state index in [-0.39, 0.29) is 24.5 Å². The number of nitrogens with one attached hydrogen (secondary N) is 1. The maximum atomic E-state index is 10.7. The van der Waals surface area contributed by atoms with E-state index in [0.717, 1.165) is 0 Å². The lowest BCUT2D eigenvalue weighted by Gasteiger charge is -2.22. The van der Waals surface area contributed by atoms with Crippen LogP contribution in [0.15, 0.2) is 0 Å². The quantitative estimate of drug-likeness (QED) is 0.689. The molecule has 2 atom stereocenters. The molecular formula is C10H19NO4. The van der Waals surface area contributed by atoms with E-state index >= 15 is 0 Å². The highest BCUT2D eigenvalue weighted by molar-refractivity contribution is 5.72. The van der Waals surface area contributed by atoms with Crippen LogP contribution in [-0.4, -0.2) is 42.7 Å². The van der Waals surface area contributed by atoms with E-state index < -0.39 is 5.79 Å². The van der Waals surface area contributed by atoms with Crippen LogP contribution in [0.1, 0.15) is 20.8 Å². The summed E-state index contributed by atoms with van der Waals surface area (Å²) in [5, 5.41) is 11.8. The van der Waals surface area contributed by atoms with E-state index in [1.165, 1.54) is 6.92 Å². The largest absolute Gasteiger partial charge is 0.396 e. The van der Waals surface area contributed by atoms with Crippen LogP contribution >= 0.6 is 0 Å². The fourth-order valence-corrected chi connectivity index (χ4v) is 1.54. The summed E-state index contributed by atoms with van der Waals surface area (Å²) in [6.07, 6.45) is -0.156. The van der Waals surface area contributed by atoms with Crippen molar-refractivity contribution in [1.82, 2.24) is 5.32 Å². The van der Waals surface area contributed by atoms with Crippen molar-refractivity contribution in [2.45, 2.75) is 32.7 Å². The molecule has 0 spiro atoms. The number of hydrogen-bond donors (Lipinski definition) is 2. The first-order chi connectivity index (χ1) is 6.94. The van der Waals surface area contributed by atoms with Gasteiger partial charge in [-0.25, -0.2) is 0 Å². The molecule has 2 N–H and O–H groups in total. The lowest BCUT2D eigenvalue weighted by Crippen LogP contribution is -2.38. The lowest BCUT2D eigenvalue weighted by atomic mass is 10.0. The Kier molecular flexibility index (Phi) is 4.07. The Balaban J connectivity index is 2.42. The van der Waals surface area contributed by atoms with Gasteiger partial charge in [0.05, 0.1) is 19.3 Å². The van der Waals surface area contributed by atoms with E-state index in [9.17, 15) is 9.90 Å². The molecule has 1 rings (SSSR count). The highest BCUT2D eigenvalue weighted by Gasteiger charge is 2.36. The maximum absolute atomic E-state index is 10.7. The summed E-state index contributed by atoms with van der Waals surface area (Å²) in [4.78, 5) is 10.7. The molecule has 1 aliphatic rings. The van der Waals surface area contributed by atoms with E-state index in [4.69, 9.17) is 9.47 Å². The second-order valence-corrected chi connectivity index (χ2v) is 4.25. The van der Waals surface area contributed by atoms with Crippen molar-refractivity contribution in [3.63, 3.8) is 0 Å². The third-order valence-corrected chi connectivity index (χ3v) is 2.40. The number of carbonyl (C=O) groups excluding carboxylic acids is 1. The second-order valence-electron chi connectivity index (χ2n) is 4.25. The number of aliphatic hydroxyl groups excluding tert-OH is 1.